The van der Waals surface area contributed by atoms with E-state index in [0.29, 0.717) is 31.9 Å². The third-order valence-electron chi connectivity index (χ3n) is 4.15. The van der Waals surface area contributed by atoms with Gasteiger partial charge in [0.15, 0.2) is 5.16 Å². The van der Waals surface area contributed by atoms with E-state index in [4.69, 9.17) is 11.5 Å². The number of carbonyl (C=O) groups is 1. The maximum atomic E-state index is 12.9. The Balaban J connectivity index is 1.54. The summed E-state index contributed by atoms with van der Waals surface area (Å²) in [6.45, 7) is 1.72. The molecule has 0 aliphatic carbocycles. The molecule has 0 radical (unpaired) electrons. The number of halogens is 3. The zero-order chi connectivity index (χ0) is 20.3. The normalized spacial score (nSPS) is 15.0. The predicted octanol–water partition coefficient (Wildman–Crippen LogP) is 1.50. The summed E-state index contributed by atoms with van der Waals surface area (Å²) in [5.74, 6) is -0.0486. The molecule has 1 aliphatic rings. The summed E-state index contributed by atoms with van der Waals surface area (Å²) in [5, 5.41) is 0.265. The van der Waals surface area contributed by atoms with Crippen LogP contribution in [0.2, 0.25) is 0 Å². The van der Waals surface area contributed by atoms with Gasteiger partial charge in [-0.3, -0.25) is 4.79 Å². The van der Waals surface area contributed by atoms with Crippen molar-refractivity contribution in [3.63, 3.8) is 0 Å². The fourth-order valence-corrected chi connectivity index (χ4v) is 3.51. The Kier molecular flexibility index (Phi) is 5.77. The van der Waals surface area contributed by atoms with E-state index < -0.39 is 11.7 Å². The summed E-state index contributed by atoms with van der Waals surface area (Å²) in [5.41, 5.74) is 10.8. The number of nitrogen functional groups attached to an aromatic ring is 2. The van der Waals surface area contributed by atoms with Gasteiger partial charge in [-0.1, -0.05) is 17.8 Å². The lowest BCUT2D eigenvalue weighted by Crippen LogP contribution is -2.49. The van der Waals surface area contributed by atoms with Crippen LogP contribution in [-0.2, 0) is 11.0 Å². The van der Waals surface area contributed by atoms with E-state index in [1.807, 2.05) is 4.90 Å². The molecule has 28 heavy (non-hydrogen) atoms. The first-order chi connectivity index (χ1) is 13.2. The van der Waals surface area contributed by atoms with Crippen molar-refractivity contribution in [1.82, 2.24) is 19.9 Å². The molecule has 12 heteroatoms. The van der Waals surface area contributed by atoms with Gasteiger partial charge in [-0.05, 0) is 18.2 Å². The maximum Gasteiger partial charge on any atom is 0.416 e. The number of alkyl halides is 3. The minimum atomic E-state index is -4.38. The minimum absolute atomic E-state index is 0.0165. The molecule has 1 amide bonds. The number of benzene rings is 1. The molecule has 2 aromatic rings. The second kappa shape index (κ2) is 8.09. The van der Waals surface area contributed by atoms with Gasteiger partial charge in [0.1, 0.15) is 0 Å². The highest BCUT2D eigenvalue weighted by Gasteiger charge is 2.31. The van der Waals surface area contributed by atoms with Crippen molar-refractivity contribution in [2.45, 2.75) is 11.3 Å². The van der Waals surface area contributed by atoms with Gasteiger partial charge in [0.2, 0.25) is 17.8 Å². The number of hydrogen-bond acceptors (Lipinski definition) is 8. The highest BCUT2D eigenvalue weighted by atomic mass is 32.2. The summed E-state index contributed by atoms with van der Waals surface area (Å²) >= 11 is 1.10. The highest BCUT2D eigenvalue weighted by molar-refractivity contribution is 7.99. The smallest absolute Gasteiger partial charge is 0.368 e. The van der Waals surface area contributed by atoms with Crippen LogP contribution in [0.4, 0.5) is 30.8 Å². The summed E-state index contributed by atoms with van der Waals surface area (Å²) < 4.78 is 38.6. The molecule has 4 N–H and O–H groups in total. The van der Waals surface area contributed by atoms with Gasteiger partial charge >= 0.3 is 6.18 Å². The van der Waals surface area contributed by atoms with Crippen molar-refractivity contribution < 1.29 is 18.0 Å². The van der Waals surface area contributed by atoms with E-state index >= 15 is 0 Å². The fraction of sp³-hybridized carbons (Fsp3) is 0.375. The van der Waals surface area contributed by atoms with E-state index in [1.54, 1.807) is 11.0 Å². The first kappa shape index (κ1) is 20.0. The van der Waals surface area contributed by atoms with Crippen LogP contribution in [0, 0.1) is 0 Å². The first-order valence-corrected chi connectivity index (χ1v) is 9.31. The monoisotopic (exact) mass is 413 g/mol. The Morgan fingerprint density at radius 2 is 1.71 bits per heavy atom. The quantitative estimate of drug-likeness (QED) is 0.725. The number of nitrogens with zero attached hydrogens (tertiary/aromatic N) is 5. The zero-order valence-corrected chi connectivity index (χ0v) is 15.5. The molecule has 8 nitrogen and oxygen atoms in total. The molecule has 1 aliphatic heterocycles. The van der Waals surface area contributed by atoms with Crippen LogP contribution in [0.25, 0.3) is 0 Å². The van der Waals surface area contributed by atoms with Gasteiger partial charge in [0.25, 0.3) is 0 Å². The number of thioether (sulfide) groups is 1. The highest BCUT2D eigenvalue weighted by Crippen LogP contribution is 2.31. The van der Waals surface area contributed by atoms with Gasteiger partial charge in [-0.25, -0.2) is 0 Å². The standard InChI is InChI=1S/C16H18F3N7OS/c17-16(18,19)10-2-1-3-11(8-10)25-4-6-26(7-5-25)12(27)9-28-15-23-13(20)22-14(21)24-15/h1-3,8H,4-7,9H2,(H4,20,21,22,23,24). The second-order valence-electron chi connectivity index (χ2n) is 6.04. The number of piperazine rings is 1. The Hall–Kier alpha value is -2.76. The summed E-state index contributed by atoms with van der Waals surface area (Å²) in [7, 11) is 0. The van der Waals surface area contributed by atoms with Crippen molar-refractivity contribution in [1.29, 1.82) is 0 Å². The molecule has 0 saturated carbocycles. The molecule has 0 spiro atoms. The van der Waals surface area contributed by atoms with Crippen LogP contribution in [0.3, 0.4) is 0 Å². The van der Waals surface area contributed by atoms with Crippen LogP contribution in [0.1, 0.15) is 5.56 Å². The van der Waals surface area contributed by atoms with E-state index in [1.165, 1.54) is 6.07 Å². The van der Waals surface area contributed by atoms with Crippen LogP contribution < -0.4 is 16.4 Å². The van der Waals surface area contributed by atoms with Crippen molar-refractivity contribution in [2.75, 3.05) is 48.3 Å². The second-order valence-corrected chi connectivity index (χ2v) is 6.98. The molecule has 0 unspecified atom stereocenters. The number of carbonyl (C=O) groups excluding carboxylic acids is 1. The molecule has 1 saturated heterocycles. The van der Waals surface area contributed by atoms with E-state index in [2.05, 4.69) is 15.0 Å². The predicted molar refractivity (Wildman–Crippen MR) is 99.6 cm³/mol. The number of aromatic nitrogens is 3. The Morgan fingerprint density at radius 1 is 1.07 bits per heavy atom. The molecule has 3 rings (SSSR count). The number of amides is 1. The molecule has 1 fully saturated rings. The number of rotatable bonds is 4. The largest absolute Gasteiger partial charge is 0.416 e. The third-order valence-corrected chi connectivity index (χ3v) is 4.98. The van der Waals surface area contributed by atoms with Gasteiger partial charge in [-0.15, -0.1) is 0 Å². The summed E-state index contributed by atoms with van der Waals surface area (Å²) in [6.07, 6.45) is -4.38. The molecule has 1 aromatic heterocycles. The average molecular weight is 413 g/mol. The van der Waals surface area contributed by atoms with Crippen LogP contribution >= 0.6 is 11.8 Å². The van der Waals surface area contributed by atoms with Crippen LogP contribution in [0.5, 0.6) is 0 Å². The number of hydrogen-bond donors (Lipinski definition) is 2. The summed E-state index contributed by atoms with van der Waals surface area (Å²) in [6, 6.07) is 5.20. The molecular weight excluding hydrogens is 395 g/mol. The van der Waals surface area contributed by atoms with Crippen LogP contribution in [-0.4, -0.2) is 57.7 Å². The number of nitrogens with two attached hydrogens (primary N) is 2. The third kappa shape index (κ3) is 4.94. The van der Waals surface area contributed by atoms with Gasteiger partial charge in [-0.2, -0.15) is 28.1 Å². The lowest BCUT2D eigenvalue weighted by molar-refractivity contribution is -0.137. The van der Waals surface area contributed by atoms with Crippen molar-refractivity contribution in [3.05, 3.63) is 29.8 Å². The molecule has 0 bridgehead atoms. The summed E-state index contributed by atoms with van der Waals surface area (Å²) in [4.78, 5) is 27.3. The van der Waals surface area contributed by atoms with E-state index in [9.17, 15) is 18.0 Å². The Bertz CT molecular complexity index is 836. The molecule has 2 heterocycles. The Labute approximate surface area is 163 Å². The zero-order valence-electron chi connectivity index (χ0n) is 14.7. The van der Waals surface area contributed by atoms with Gasteiger partial charge in [0.05, 0.1) is 11.3 Å². The molecular formula is C16H18F3N7OS. The van der Waals surface area contributed by atoms with E-state index in [0.717, 1.165) is 23.9 Å². The van der Waals surface area contributed by atoms with Crippen molar-refractivity contribution in [3.8, 4) is 0 Å². The molecule has 1 aromatic carbocycles. The number of anilines is 3. The minimum Gasteiger partial charge on any atom is -0.368 e. The maximum absolute atomic E-state index is 12.9. The van der Waals surface area contributed by atoms with Gasteiger partial charge < -0.3 is 21.3 Å². The van der Waals surface area contributed by atoms with E-state index in [-0.39, 0.29) is 28.7 Å². The first-order valence-electron chi connectivity index (χ1n) is 8.32. The van der Waals surface area contributed by atoms with Crippen molar-refractivity contribution >= 4 is 35.3 Å². The Morgan fingerprint density at radius 3 is 2.32 bits per heavy atom. The average Bonchev–Trinajstić information content (AvgIpc) is 2.65. The lowest BCUT2D eigenvalue weighted by atomic mass is 10.1. The topological polar surface area (TPSA) is 114 Å². The lowest BCUT2D eigenvalue weighted by Gasteiger charge is -2.36. The van der Waals surface area contributed by atoms with Crippen LogP contribution in [0.15, 0.2) is 29.4 Å². The van der Waals surface area contributed by atoms with Crippen molar-refractivity contribution in [2.24, 2.45) is 0 Å². The molecule has 150 valence electrons. The fourth-order valence-electron chi connectivity index (χ4n) is 2.76. The van der Waals surface area contributed by atoms with Gasteiger partial charge in [0, 0.05) is 31.9 Å². The molecule has 0 atom stereocenters. The SMILES string of the molecule is Nc1nc(N)nc(SCC(=O)N2CCN(c3cccc(C(F)(F)F)c3)CC2)n1.